The number of fused-ring (bicyclic) bond motifs is 1. The highest BCUT2D eigenvalue weighted by Crippen LogP contribution is 2.35. The summed E-state index contributed by atoms with van der Waals surface area (Å²) in [5.74, 6) is 5.24. The second-order valence-corrected chi connectivity index (χ2v) is 7.91. The molecule has 2 aromatic rings. The van der Waals surface area contributed by atoms with E-state index in [1.165, 1.54) is 4.57 Å². The summed E-state index contributed by atoms with van der Waals surface area (Å²) in [5, 5.41) is 9.98. The van der Waals surface area contributed by atoms with E-state index >= 15 is 0 Å². The molecule has 0 amide bonds. The van der Waals surface area contributed by atoms with Crippen LogP contribution in [0.5, 0.6) is 0 Å². The number of hydrogen-bond acceptors (Lipinski definition) is 4. The molecule has 1 heterocycles. The highest BCUT2D eigenvalue weighted by molar-refractivity contribution is 6.20. The van der Waals surface area contributed by atoms with Gasteiger partial charge < -0.3 is 14.4 Å². The monoisotopic (exact) mass is 391 g/mol. The minimum Gasteiger partial charge on any atom is -0.454 e. The van der Waals surface area contributed by atoms with Gasteiger partial charge in [-0.05, 0) is 33.3 Å². The molecule has 0 spiro atoms. The summed E-state index contributed by atoms with van der Waals surface area (Å²) in [4.78, 5) is 25.7. The van der Waals surface area contributed by atoms with Crippen LogP contribution in [0.4, 0.5) is 0 Å². The maximum absolute atomic E-state index is 13.1. The average Bonchev–Trinajstić information content (AvgIpc) is 3.01. The molecule has 0 aliphatic heterocycles. The lowest BCUT2D eigenvalue weighted by atomic mass is 10.00. The Labute approximate surface area is 170 Å². The van der Waals surface area contributed by atoms with Crippen LogP contribution in [0, 0.1) is 11.8 Å². The quantitative estimate of drug-likeness (QED) is 0.645. The second-order valence-electron chi connectivity index (χ2n) is 7.91. The van der Waals surface area contributed by atoms with E-state index in [2.05, 4.69) is 11.8 Å². The number of hydrogen-bond donors (Lipinski definition) is 1. The van der Waals surface area contributed by atoms with Crippen LogP contribution < -0.4 is 5.56 Å². The van der Waals surface area contributed by atoms with Gasteiger partial charge in [0.05, 0.1) is 5.57 Å². The van der Waals surface area contributed by atoms with E-state index in [9.17, 15) is 14.7 Å². The molecule has 3 rings (SSSR count). The van der Waals surface area contributed by atoms with Gasteiger partial charge >= 0.3 is 5.97 Å². The fraction of sp³-hybridized carbons (Fsp3) is 0.333. The zero-order valence-electron chi connectivity index (χ0n) is 17.4. The molecule has 1 N–H and O–H groups in total. The van der Waals surface area contributed by atoms with E-state index in [0.29, 0.717) is 28.7 Å². The predicted octanol–water partition coefficient (Wildman–Crippen LogP) is 3.14. The van der Waals surface area contributed by atoms with Crippen molar-refractivity contribution in [3.8, 4) is 11.8 Å². The van der Waals surface area contributed by atoms with Gasteiger partial charge in [0.2, 0.25) is 0 Å². The first-order chi connectivity index (χ1) is 13.6. The molecule has 0 saturated heterocycles. The molecule has 0 radical (unpaired) electrons. The molecule has 29 heavy (non-hydrogen) atoms. The van der Waals surface area contributed by atoms with Gasteiger partial charge in [-0.3, -0.25) is 4.79 Å². The first kappa shape index (κ1) is 20.6. The van der Waals surface area contributed by atoms with Crippen molar-refractivity contribution in [2.75, 3.05) is 0 Å². The summed E-state index contributed by atoms with van der Waals surface area (Å²) in [7, 11) is 1.65. The van der Waals surface area contributed by atoms with Crippen molar-refractivity contribution in [1.82, 2.24) is 4.57 Å². The molecule has 1 aliphatic carbocycles. The zero-order valence-corrected chi connectivity index (χ0v) is 17.4. The molecule has 0 bridgehead atoms. The third-order valence-electron chi connectivity index (χ3n) is 4.85. The third-order valence-corrected chi connectivity index (χ3v) is 4.85. The Morgan fingerprint density at radius 2 is 1.93 bits per heavy atom. The van der Waals surface area contributed by atoms with Gasteiger partial charge in [0.1, 0.15) is 11.7 Å². The Morgan fingerprint density at radius 3 is 2.55 bits per heavy atom. The first-order valence-corrected chi connectivity index (χ1v) is 9.52. The summed E-state index contributed by atoms with van der Waals surface area (Å²) in [6.07, 6.45) is 1.56. The number of rotatable bonds is 3. The Bertz CT molecular complexity index is 1110. The molecule has 0 fully saturated rings. The van der Waals surface area contributed by atoms with E-state index in [0.717, 1.165) is 11.1 Å². The lowest BCUT2D eigenvalue weighted by molar-refractivity contribution is -0.141. The standard InChI is InChI=1S/C24H25NO4/c1-15-13-19-21(18(11-12-24(3,4)28)14-25(5)22(19)26)20(15)23(27)29-16(2)17-9-7-6-8-10-17/h6-10,14,16,28H,13H2,1-5H3. The van der Waals surface area contributed by atoms with Crippen LogP contribution in [0.3, 0.4) is 0 Å². The van der Waals surface area contributed by atoms with E-state index in [1.54, 1.807) is 27.1 Å². The number of aliphatic hydroxyl groups is 1. The second kappa shape index (κ2) is 7.73. The Balaban J connectivity index is 2.04. The molecule has 1 unspecified atom stereocenters. The van der Waals surface area contributed by atoms with E-state index < -0.39 is 17.7 Å². The fourth-order valence-electron chi connectivity index (χ4n) is 3.42. The number of benzene rings is 1. The smallest absolute Gasteiger partial charge is 0.339 e. The van der Waals surface area contributed by atoms with Crippen molar-refractivity contribution in [3.05, 3.63) is 74.7 Å². The molecule has 150 valence electrons. The van der Waals surface area contributed by atoms with E-state index in [-0.39, 0.29) is 5.56 Å². The lowest BCUT2D eigenvalue weighted by Crippen LogP contribution is -2.23. The number of nitrogens with zero attached hydrogens (tertiary/aromatic N) is 1. The average molecular weight is 391 g/mol. The predicted molar refractivity (Wildman–Crippen MR) is 112 cm³/mol. The largest absolute Gasteiger partial charge is 0.454 e. The zero-order chi connectivity index (χ0) is 21.3. The van der Waals surface area contributed by atoms with Crippen molar-refractivity contribution >= 4 is 11.5 Å². The van der Waals surface area contributed by atoms with Gasteiger partial charge in [0.25, 0.3) is 5.56 Å². The number of carbonyl (C=O) groups excluding carboxylic acids is 1. The van der Waals surface area contributed by atoms with Crippen LogP contribution in [0.25, 0.3) is 5.57 Å². The maximum Gasteiger partial charge on any atom is 0.339 e. The SMILES string of the molecule is CC1=C(C(=O)OC(C)c2ccccc2)c2c(C#CC(C)(C)O)cn(C)c(=O)c2C1. The molecular weight excluding hydrogens is 366 g/mol. The van der Waals surface area contributed by atoms with Crippen LogP contribution >= 0.6 is 0 Å². The van der Waals surface area contributed by atoms with E-state index in [4.69, 9.17) is 4.74 Å². The van der Waals surface area contributed by atoms with Gasteiger partial charge in [-0.25, -0.2) is 4.79 Å². The van der Waals surface area contributed by atoms with Crippen molar-refractivity contribution < 1.29 is 14.6 Å². The Kier molecular flexibility index (Phi) is 5.50. The molecular formula is C24H25NO4. The molecule has 5 heteroatoms. The highest BCUT2D eigenvalue weighted by Gasteiger charge is 2.31. The van der Waals surface area contributed by atoms with Gasteiger partial charge in [-0.2, -0.15) is 0 Å². The summed E-state index contributed by atoms with van der Waals surface area (Å²) in [6.45, 7) is 6.81. The van der Waals surface area contributed by atoms with Crippen molar-refractivity contribution in [2.45, 2.75) is 45.8 Å². The molecule has 1 aromatic heterocycles. The summed E-state index contributed by atoms with van der Waals surface area (Å²) < 4.78 is 7.17. The molecule has 1 aliphatic rings. The van der Waals surface area contributed by atoms with Crippen LogP contribution in [-0.4, -0.2) is 21.2 Å². The van der Waals surface area contributed by atoms with E-state index in [1.807, 2.05) is 44.2 Å². The number of pyridine rings is 1. The summed E-state index contributed by atoms with van der Waals surface area (Å²) in [5.41, 5.74) is 2.29. The van der Waals surface area contributed by atoms with Gasteiger partial charge in [0, 0.05) is 36.4 Å². The molecule has 5 nitrogen and oxygen atoms in total. The van der Waals surface area contributed by atoms with Crippen LogP contribution in [0.2, 0.25) is 0 Å². The van der Waals surface area contributed by atoms with Crippen molar-refractivity contribution in [1.29, 1.82) is 0 Å². The Hall–Kier alpha value is -3.10. The minimum absolute atomic E-state index is 0.160. The van der Waals surface area contributed by atoms with Crippen LogP contribution in [0.1, 0.15) is 56.1 Å². The third kappa shape index (κ3) is 4.33. The molecule has 1 aromatic carbocycles. The Morgan fingerprint density at radius 1 is 1.28 bits per heavy atom. The van der Waals surface area contributed by atoms with Gasteiger partial charge in [-0.1, -0.05) is 47.7 Å². The lowest BCUT2D eigenvalue weighted by Gasteiger charge is -2.16. The number of allylic oxidation sites excluding steroid dienone is 1. The number of carbonyl (C=O) groups is 1. The minimum atomic E-state index is -1.19. The molecule has 1 atom stereocenters. The number of esters is 1. The number of aryl methyl sites for hydroxylation is 1. The summed E-state index contributed by atoms with van der Waals surface area (Å²) in [6, 6.07) is 9.49. The number of ether oxygens (including phenoxy) is 1. The fourth-order valence-corrected chi connectivity index (χ4v) is 3.42. The maximum atomic E-state index is 13.1. The highest BCUT2D eigenvalue weighted by atomic mass is 16.5. The van der Waals surface area contributed by atoms with Gasteiger partial charge in [0.15, 0.2) is 0 Å². The van der Waals surface area contributed by atoms with Crippen molar-refractivity contribution in [3.63, 3.8) is 0 Å². The van der Waals surface area contributed by atoms with Crippen LogP contribution in [0.15, 0.2) is 46.9 Å². The normalized spacial score (nSPS) is 14.1. The first-order valence-electron chi connectivity index (χ1n) is 9.52. The molecule has 0 saturated carbocycles. The van der Waals surface area contributed by atoms with Gasteiger partial charge in [-0.15, -0.1) is 0 Å². The number of aromatic nitrogens is 1. The van der Waals surface area contributed by atoms with Crippen molar-refractivity contribution in [2.24, 2.45) is 7.05 Å². The summed E-state index contributed by atoms with van der Waals surface area (Å²) >= 11 is 0. The van der Waals surface area contributed by atoms with Crippen LogP contribution in [-0.2, 0) is 23.0 Å². The topological polar surface area (TPSA) is 68.5 Å².